The SMILES string of the molecule is CCCCCCCOc1ccc(/C=C/[C@@]23NC(=O)CCN2c2ccccc2C3(C)C)cc1OC. The van der Waals surface area contributed by atoms with Crippen LogP contribution in [0.2, 0.25) is 0 Å². The molecule has 0 aliphatic carbocycles. The van der Waals surface area contributed by atoms with Crippen molar-refractivity contribution in [2.45, 2.75) is 70.4 Å². The Hall–Kier alpha value is -2.95. The Balaban J connectivity index is 1.55. The van der Waals surface area contributed by atoms with E-state index in [4.69, 9.17) is 9.47 Å². The van der Waals surface area contributed by atoms with Gasteiger partial charge in [0.15, 0.2) is 11.5 Å². The van der Waals surface area contributed by atoms with Crippen LogP contribution in [0.3, 0.4) is 0 Å². The summed E-state index contributed by atoms with van der Waals surface area (Å²) < 4.78 is 11.6. The first-order chi connectivity index (χ1) is 16.4. The van der Waals surface area contributed by atoms with Crippen molar-refractivity contribution in [1.29, 1.82) is 0 Å². The number of benzene rings is 2. The van der Waals surface area contributed by atoms with Crippen molar-refractivity contribution in [1.82, 2.24) is 5.32 Å². The molecular weight excluding hydrogens is 424 g/mol. The average molecular weight is 463 g/mol. The maximum atomic E-state index is 12.6. The van der Waals surface area contributed by atoms with Crippen molar-refractivity contribution in [2.75, 3.05) is 25.2 Å². The van der Waals surface area contributed by atoms with Crippen LogP contribution in [0.25, 0.3) is 6.08 Å². The molecule has 2 aromatic carbocycles. The number of unbranched alkanes of at least 4 members (excludes halogenated alkanes) is 4. The number of hydrogen-bond donors (Lipinski definition) is 1. The summed E-state index contributed by atoms with van der Waals surface area (Å²) in [6.45, 7) is 8.04. The number of ether oxygens (including phenoxy) is 2. The predicted octanol–water partition coefficient (Wildman–Crippen LogP) is 6.07. The molecule has 1 fully saturated rings. The molecule has 2 aromatic rings. The highest BCUT2D eigenvalue weighted by molar-refractivity contribution is 5.84. The van der Waals surface area contributed by atoms with Crippen molar-refractivity contribution in [2.24, 2.45) is 0 Å². The normalized spacial score (nSPS) is 20.7. The summed E-state index contributed by atoms with van der Waals surface area (Å²) in [6, 6.07) is 14.5. The Morgan fingerprint density at radius 1 is 1.06 bits per heavy atom. The van der Waals surface area contributed by atoms with Crippen molar-refractivity contribution in [3.8, 4) is 11.5 Å². The molecule has 2 aliphatic rings. The van der Waals surface area contributed by atoms with E-state index in [1.807, 2.05) is 18.2 Å². The number of rotatable bonds is 10. The van der Waals surface area contributed by atoms with Crippen molar-refractivity contribution >= 4 is 17.7 Å². The van der Waals surface area contributed by atoms with Crippen LogP contribution >= 0.6 is 0 Å². The summed E-state index contributed by atoms with van der Waals surface area (Å²) in [5, 5.41) is 3.33. The molecule has 0 unspecified atom stereocenters. The number of carbonyl (C=O) groups is 1. The lowest BCUT2D eigenvalue weighted by Crippen LogP contribution is -2.68. The van der Waals surface area contributed by atoms with E-state index in [9.17, 15) is 4.79 Å². The number of hydrogen-bond acceptors (Lipinski definition) is 4. The molecule has 1 N–H and O–H groups in total. The van der Waals surface area contributed by atoms with Crippen LogP contribution in [0.5, 0.6) is 11.5 Å². The monoisotopic (exact) mass is 462 g/mol. The highest BCUT2D eigenvalue weighted by Crippen LogP contribution is 2.52. The van der Waals surface area contributed by atoms with Crippen LogP contribution in [0.1, 0.15) is 70.4 Å². The minimum absolute atomic E-state index is 0.0852. The van der Waals surface area contributed by atoms with Gasteiger partial charge < -0.3 is 19.7 Å². The third-order valence-corrected chi connectivity index (χ3v) is 7.35. The molecule has 0 aromatic heterocycles. The fourth-order valence-electron chi connectivity index (χ4n) is 5.33. The first-order valence-electron chi connectivity index (χ1n) is 12.6. The van der Waals surface area contributed by atoms with Crippen LogP contribution in [0.4, 0.5) is 5.69 Å². The van der Waals surface area contributed by atoms with Crippen molar-refractivity contribution in [3.63, 3.8) is 0 Å². The van der Waals surface area contributed by atoms with Crippen molar-refractivity contribution in [3.05, 3.63) is 59.7 Å². The smallest absolute Gasteiger partial charge is 0.223 e. The quantitative estimate of drug-likeness (QED) is 0.435. The average Bonchev–Trinajstić information content (AvgIpc) is 3.04. The van der Waals surface area contributed by atoms with Crippen LogP contribution < -0.4 is 19.7 Å². The van der Waals surface area contributed by atoms with E-state index in [2.05, 4.69) is 67.4 Å². The molecule has 1 amide bonds. The van der Waals surface area contributed by atoms with E-state index >= 15 is 0 Å². The molecule has 0 radical (unpaired) electrons. The fraction of sp³-hybridized carbons (Fsp3) is 0.483. The molecule has 5 heteroatoms. The minimum atomic E-state index is -0.618. The van der Waals surface area contributed by atoms with Crippen LogP contribution in [-0.2, 0) is 10.2 Å². The third kappa shape index (κ3) is 4.40. The van der Waals surface area contributed by atoms with E-state index in [1.54, 1.807) is 7.11 Å². The molecule has 0 spiro atoms. The van der Waals surface area contributed by atoms with Crippen LogP contribution in [0, 0.1) is 0 Å². The van der Waals surface area contributed by atoms with E-state index in [-0.39, 0.29) is 11.3 Å². The number of para-hydroxylation sites is 1. The Bertz CT molecular complexity index is 1050. The van der Waals surface area contributed by atoms with Gasteiger partial charge in [-0.15, -0.1) is 0 Å². The maximum Gasteiger partial charge on any atom is 0.223 e. The number of methoxy groups -OCH3 is 1. The van der Waals surface area contributed by atoms with Gasteiger partial charge in [-0.05, 0) is 41.8 Å². The molecule has 0 bridgehead atoms. The molecule has 0 saturated carbocycles. The minimum Gasteiger partial charge on any atom is -0.493 e. The number of nitrogens with zero attached hydrogens (tertiary/aromatic N) is 1. The Labute approximate surface area is 204 Å². The summed E-state index contributed by atoms with van der Waals surface area (Å²) >= 11 is 0. The molecule has 34 heavy (non-hydrogen) atoms. The largest absolute Gasteiger partial charge is 0.493 e. The zero-order valence-corrected chi connectivity index (χ0v) is 21.0. The summed E-state index contributed by atoms with van der Waals surface area (Å²) in [4.78, 5) is 14.9. The second-order valence-electron chi connectivity index (χ2n) is 9.86. The Kier molecular flexibility index (Phi) is 7.20. The Morgan fingerprint density at radius 3 is 2.65 bits per heavy atom. The number of carbonyl (C=O) groups excluding carboxylic acids is 1. The van der Waals surface area contributed by atoms with Crippen LogP contribution in [-0.4, -0.2) is 31.8 Å². The Morgan fingerprint density at radius 2 is 1.85 bits per heavy atom. The lowest BCUT2D eigenvalue weighted by atomic mass is 9.74. The highest BCUT2D eigenvalue weighted by atomic mass is 16.5. The molecule has 2 heterocycles. The van der Waals surface area contributed by atoms with Gasteiger partial charge in [-0.25, -0.2) is 0 Å². The molecule has 1 saturated heterocycles. The van der Waals surface area contributed by atoms with Gasteiger partial charge in [-0.3, -0.25) is 4.79 Å². The van der Waals surface area contributed by atoms with Crippen LogP contribution in [0.15, 0.2) is 48.5 Å². The fourth-order valence-corrected chi connectivity index (χ4v) is 5.33. The van der Waals surface area contributed by atoms with Gasteiger partial charge in [0.25, 0.3) is 0 Å². The standard InChI is InChI=1S/C29H38N2O3/c1-5-6-7-8-11-20-34-25-15-14-22(21-26(25)33-4)16-18-29-28(2,3)23-12-9-10-13-24(23)31(29)19-17-27(32)30-29/h9-10,12-16,18,21H,5-8,11,17,19-20H2,1-4H3,(H,30,32)/b18-16+/t29-/m1/s1. The molecule has 182 valence electrons. The molecule has 1 atom stereocenters. The lowest BCUT2D eigenvalue weighted by Gasteiger charge is -2.49. The van der Waals surface area contributed by atoms with Gasteiger partial charge in [0.1, 0.15) is 5.66 Å². The first kappa shape index (κ1) is 24.2. The van der Waals surface area contributed by atoms with Gasteiger partial charge >= 0.3 is 0 Å². The van der Waals surface area contributed by atoms with Gasteiger partial charge in [0.2, 0.25) is 5.91 Å². The topological polar surface area (TPSA) is 50.8 Å². The number of amides is 1. The zero-order valence-electron chi connectivity index (χ0n) is 21.0. The second-order valence-corrected chi connectivity index (χ2v) is 9.86. The summed E-state index contributed by atoms with van der Waals surface area (Å²) in [6.07, 6.45) is 10.8. The van der Waals surface area contributed by atoms with Gasteiger partial charge in [-0.1, -0.05) is 76.8 Å². The zero-order chi connectivity index (χ0) is 24.2. The molecule has 2 aliphatic heterocycles. The summed E-state index contributed by atoms with van der Waals surface area (Å²) in [5.41, 5.74) is 2.54. The second kappa shape index (κ2) is 10.1. The highest BCUT2D eigenvalue weighted by Gasteiger charge is 2.57. The van der Waals surface area contributed by atoms with E-state index < -0.39 is 5.66 Å². The summed E-state index contributed by atoms with van der Waals surface area (Å²) in [5.74, 6) is 1.59. The first-order valence-corrected chi connectivity index (χ1v) is 12.6. The van der Waals surface area contributed by atoms with E-state index in [0.29, 0.717) is 19.6 Å². The third-order valence-electron chi connectivity index (χ3n) is 7.35. The van der Waals surface area contributed by atoms with E-state index in [1.165, 1.54) is 36.9 Å². The summed E-state index contributed by atoms with van der Waals surface area (Å²) in [7, 11) is 1.68. The number of anilines is 1. The van der Waals surface area contributed by atoms with Gasteiger partial charge in [-0.2, -0.15) is 0 Å². The molecular formula is C29H38N2O3. The predicted molar refractivity (Wildman–Crippen MR) is 139 cm³/mol. The number of fused-ring (bicyclic) bond motifs is 3. The lowest BCUT2D eigenvalue weighted by molar-refractivity contribution is -0.124. The number of nitrogens with one attached hydrogen (secondary N) is 1. The maximum absolute atomic E-state index is 12.6. The van der Waals surface area contributed by atoms with E-state index in [0.717, 1.165) is 23.5 Å². The molecule has 5 nitrogen and oxygen atoms in total. The van der Waals surface area contributed by atoms with Gasteiger partial charge in [0, 0.05) is 24.1 Å². The van der Waals surface area contributed by atoms with Crippen molar-refractivity contribution < 1.29 is 14.3 Å². The van der Waals surface area contributed by atoms with Gasteiger partial charge in [0.05, 0.1) is 13.7 Å². The molecule has 4 rings (SSSR count).